The van der Waals surface area contributed by atoms with Crippen molar-refractivity contribution in [2.75, 3.05) is 20.3 Å². The highest BCUT2D eigenvalue weighted by molar-refractivity contribution is 6.55. The second-order valence-corrected chi connectivity index (χ2v) is 17.4. The molecule has 4 aromatic carbocycles. The lowest BCUT2D eigenvalue weighted by atomic mass is 9.93. The minimum absolute atomic E-state index is 0.0370. The van der Waals surface area contributed by atoms with Crippen molar-refractivity contribution in [3.8, 4) is 0 Å². The molecule has 0 aromatic heterocycles. The fraction of sp³-hybridized carbons (Fsp3) is 0.375. The Bertz CT molecular complexity index is 2470. The van der Waals surface area contributed by atoms with Crippen molar-refractivity contribution in [2.45, 2.75) is 95.3 Å². The number of carbonyl (C=O) groups excluding carboxylic acids is 6. The van der Waals surface area contributed by atoms with Crippen LogP contribution in [0.25, 0.3) is 0 Å². The van der Waals surface area contributed by atoms with Crippen LogP contribution in [-0.2, 0) is 75.0 Å². The van der Waals surface area contributed by atoms with E-state index in [9.17, 15) is 28.8 Å². The highest BCUT2D eigenvalue weighted by atomic mass is 35.5. The van der Waals surface area contributed by atoms with Crippen LogP contribution in [0.2, 0.25) is 20.1 Å². The van der Waals surface area contributed by atoms with Crippen molar-refractivity contribution in [3.63, 3.8) is 0 Å². The van der Waals surface area contributed by atoms with Gasteiger partial charge in [0.15, 0.2) is 37.0 Å². The molecule has 3 aliphatic rings. The van der Waals surface area contributed by atoms with Crippen LogP contribution in [0.4, 0.5) is 0 Å². The molecule has 17 nitrogen and oxygen atoms in total. The van der Waals surface area contributed by atoms with Crippen molar-refractivity contribution < 1.29 is 76.1 Å². The third kappa shape index (κ3) is 11.7. The van der Waals surface area contributed by atoms with E-state index in [1.165, 1.54) is 19.2 Å². The minimum Gasteiger partial charge on any atom is -0.456 e. The normalized spacial score (nSPS) is 25.4. The SMILES string of the molecule is CO[C@@H]1O[C@H](COCc2ccccc2)[C@@H](O[C@@H]2O[C@H](COCc3ccccc3)[C@H](OC(C)=O)[C@H](OC(C)=O)[C@H]2OC(C)=O)[C@H](OC(=O)c2ccccc2)[C@H]1N1C(=O)c2c(Cl)c(Cl)c(Cl)c(Cl)c2C1=O. The number of amides is 2. The molecule has 0 saturated carbocycles. The summed E-state index contributed by atoms with van der Waals surface area (Å²) in [6, 6.07) is 24.2. The van der Waals surface area contributed by atoms with Gasteiger partial charge in [-0.2, -0.15) is 0 Å². The summed E-state index contributed by atoms with van der Waals surface area (Å²) in [6.45, 7) is 2.72. The Kier molecular flexibility index (Phi) is 17.3. The number of imide groups is 1. The maximum absolute atomic E-state index is 14.7. The van der Waals surface area contributed by atoms with Crippen LogP contribution in [0.1, 0.15) is 63.0 Å². The van der Waals surface area contributed by atoms with E-state index in [1.54, 1.807) is 18.2 Å². The molecule has 2 amide bonds. The molecule has 0 aliphatic carbocycles. The molecular formula is C48H45Cl4NO16. The van der Waals surface area contributed by atoms with Crippen molar-refractivity contribution in [2.24, 2.45) is 0 Å². The van der Waals surface area contributed by atoms with Crippen LogP contribution in [-0.4, -0.2) is 122 Å². The molecule has 366 valence electrons. The summed E-state index contributed by atoms with van der Waals surface area (Å²) in [4.78, 5) is 82.8. The number of fused-ring (bicyclic) bond motifs is 1. The van der Waals surface area contributed by atoms with E-state index in [4.69, 9.17) is 93.8 Å². The fourth-order valence-corrected chi connectivity index (χ4v) is 9.20. The van der Waals surface area contributed by atoms with Crippen LogP contribution in [0.3, 0.4) is 0 Å². The number of nitrogens with zero attached hydrogens (tertiary/aromatic N) is 1. The predicted molar refractivity (Wildman–Crippen MR) is 244 cm³/mol. The van der Waals surface area contributed by atoms with Crippen LogP contribution < -0.4 is 0 Å². The van der Waals surface area contributed by atoms with E-state index in [0.717, 1.165) is 31.9 Å². The number of esters is 4. The molecule has 0 radical (unpaired) electrons. The maximum Gasteiger partial charge on any atom is 0.338 e. The quantitative estimate of drug-likeness (QED) is 0.0338. The number of methoxy groups -OCH3 is 1. The summed E-state index contributed by atoms with van der Waals surface area (Å²) in [7, 11) is 1.22. The van der Waals surface area contributed by atoms with E-state index in [2.05, 4.69) is 0 Å². The number of halogens is 4. The lowest BCUT2D eigenvalue weighted by Gasteiger charge is -2.50. The Hall–Kier alpha value is -5.18. The van der Waals surface area contributed by atoms with Gasteiger partial charge in [0.2, 0.25) is 0 Å². The molecule has 21 heteroatoms. The van der Waals surface area contributed by atoms with E-state index in [1.807, 2.05) is 60.7 Å². The van der Waals surface area contributed by atoms with Gasteiger partial charge in [-0.15, -0.1) is 0 Å². The summed E-state index contributed by atoms with van der Waals surface area (Å²) in [6.07, 6.45) is -14.3. The van der Waals surface area contributed by atoms with E-state index in [-0.39, 0.29) is 52.1 Å². The molecule has 69 heavy (non-hydrogen) atoms. The lowest BCUT2D eigenvalue weighted by molar-refractivity contribution is -0.352. The zero-order valence-electron chi connectivity index (χ0n) is 37.3. The van der Waals surface area contributed by atoms with Gasteiger partial charge in [0.1, 0.15) is 24.4 Å². The predicted octanol–water partition coefficient (Wildman–Crippen LogP) is 7.20. The van der Waals surface area contributed by atoms with Gasteiger partial charge in [-0.1, -0.05) is 125 Å². The van der Waals surface area contributed by atoms with Gasteiger partial charge >= 0.3 is 23.9 Å². The molecule has 3 heterocycles. The molecule has 10 atom stereocenters. The number of carbonyl (C=O) groups is 6. The zero-order chi connectivity index (χ0) is 49.5. The van der Waals surface area contributed by atoms with Gasteiger partial charge < -0.3 is 47.4 Å². The molecule has 4 aromatic rings. The van der Waals surface area contributed by atoms with Crippen LogP contribution in [0.5, 0.6) is 0 Å². The smallest absolute Gasteiger partial charge is 0.338 e. The lowest BCUT2D eigenvalue weighted by Crippen LogP contribution is -2.69. The first kappa shape index (κ1) is 51.7. The molecule has 0 bridgehead atoms. The third-order valence-corrected chi connectivity index (χ3v) is 12.9. The van der Waals surface area contributed by atoms with E-state index < -0.39 is 108 Å². The number of hydrogen-bond acceptors (Lipinski definition) is 16. The Morgan fingerprint density at radius 1 is 0.536 bits per heavy atom. The summed E-state index contributed by atoms with van der Waals surface area (Å²) >= 11 is 25.9. The Labute approximate surface area is 415 Å². The highest BCUT2D eigenvalue weighted by Gasteiger charge is 2.60. The summed E-state index contributed by atoms with van der Waals surface area (Å²) in [5, 5.41) is -1.38. The first-order valence-corrected chi connectivity index (χ1v) is 22.8. The van der Waals surface area contributed by atoms with Crippen LogP contribution >= 0.6 is 46.4 Å². The zero-order valence-corrected chi connectivity index (χ0v) is 40.3. The van der Waals surface area contributed by atoms with Crippen molar-refractivity contribution in [1.29, 1.82) is 0 Å². The van der Waals surface area contributed by atoms with Crippen molar-refractivity contribution in [1.82, 2.24) is 4.90 Å². The summed E-state index contributed by atoms with van der Waals surface area (Å²) in [5.41, 5.74) is 0.778. The Balaban J connectivity index is 1.36. The first-order valence-electron chi connectivity index (χ1n) is 21.3. The number of ether oxygens (including phenoxy) is 10. The van der Waals surface area contributed by atoms with Gasteiger partial charge in [0.05, 0.1) is 63.2 Å². The largest absolute Gasteiger partial charge is 0.456 e. The Morgan fingerprint density at radius 2 is 0.971 bits per heavy atom. The second kappa shape index (κ2) is 23.2. The molecule has 0 spiro atoms. The van der Waals surface area contributed by atoms with Gasteiger partial charge in [0, 0.05) is 27.9 Å². The molecule has 7 rings (SSSR count). The van der Waals surface area contributed by atoms with Crippen molar-refractivity contribution in [3.05, 3.63) is 139 Å². The van der Waals surface area contributed by atoms with Gasteiger partial charge in [-0.05, 0) is 23.3 Å². The Morgan fingerprint density at radius 3 is 1.45 bits per heavy atom. The third-order valence-electron chi connectivity index (χ3n) is 11.1. The van der Waals surface area contributed by atoms with Crippen LogP contribution in [0, 0.1) is 0 Å². The van der Waals surface area contributed by atoms with Gasteiger partial charge in [-0.3, -0.25) is 28.9 Å². The molecule has 0 unspecified atom stereocenters. The maximum atomic E-state index is 14.7. The number of benzene rings is 4. The average molecular weight is 1030 g/mol. The average Bonchev–Trinajstić information content (AvgIpc) is 3.59. The van der Waals surface area contributed by atoms with Gasteiger partial charge in [0.25, 0.3) is 11.8 Å². The van der Waals surface area contributed by atoms with E-state index in [0.29, 0.717) is 4.90 Å². The second-order valence-electron chi connectivity index (χ2n) is 15.9. The standard InChI is InChI=1S/C48H45Cl4NO16/c1-24(54)63-40-31(23-62-21-28-16-10-6-11-17-28)67-48(43(65-26(3)56)42(40)64-25(2)55)69-39-30(22-61-20-27-14-8-5-9-15-27)66-47(60-4)38(41(39)68-46(59)29-18-12-7-13-19-29)53-44(57)32-33(45(53)58)35(50)37(52)36(51)34(32)49/h5-19,30-31,38-43,47-48H,20-23H2,1-4H3/t30-,31-,38-,39-,40+,41-,42+,43-,47-,48+/m1/s1. The fourth-order valence-electron chi connectivity index (χ4n) is 8.18. The van der Waals surface area contributed by atoms with Crippen LogP contribution in [0.15, 0.2) is 91.0 Å². The molecule has 2 fully saturated rings. The number of rotatable bonds is 17. The first-order chi connectivity index (χ1) is 33.1. The molecule has 3 aliphatic heterocycles. The van der Waals surface area contributed by atoms with E-state index >= 15 is 0 Å². The van der Waals surface area contributed by atoms with Gasteiger partial charge in [-0.25, -0.2) is 4.79 Å². The topological polar surface area (TPSA) is 198 Å². The molecule has 0 N–H and O–H groups in total. The monoisotopic (exact) mass is 1030 g/mol. The molecule has 2 saturated heterocycles. The summed E-state index contributed by atoms with van der Waals surface area (Å²) in [5.74, 6) is -5.63. The molecular weight excluding hydrogens is 988 g/mol. The van der Waals surface area contributed by atoms with Crippen molar-refractivity contribution >= 4 is 82.1 Å². The minimum atomic E-state index is -1.82. The number of hydrogen-bond donors (Lipinski definition) is 0. The highest BCUT2D eigenvalue weighted by Crippen LogP contribution is 2.47. The summed E-state index contributed by atoms with van der Waals surface area (Å²) < 4.78 is 61.5.